The normalized spacial score (nSPS) is 14.2. The van der Waals surface area contributed by atoms with Gasteiger partial charge < -0.3 is 28.4 Å². The molecule has 0 radical (unpaired) electrons. The molecule has 0 N–H and O–H groups in total. The Balaban J connectivity index is 5.05. The van der Waals surface area contributed by atoms with E-state index < -0.39 is 72.7 Å². The molecular weight excluding hydrogens is 408 g/mol. The number of hydrogen-bond donors (Lipinski definition) is 0. The van der Waals surface area contributed by atoms with E-state index in [-0.39, 0.29) is 0 Å². The highest BCUT2D eigenvalue weighted by molar-refractivity contribution is 5.90. The van der Waals surface area contributed by atoms with Gasteiger partial charge in [0.2, 0.25) is 11.7 Å². The summed E-state index contributed by atoms with van der Waals surface area (Å²) < 4.78 is 27.9. The van der Waals surface area contributed by atoms with Gasteiger partial charge in [0.15, 0.2) is 0 Å². The Bertz CT molecular complexity index is 670. The second-order valence-electron chi connectivity index (χ2n) is 6.10. The molecular formula is C18H26O12. The van der Waals surface area contributed by atoms with Crippen LogP contribution in [0.4, 0.5) is 0 Å². The highest BCUT2D eigenvalue weighted by Crippen LogP contribution is 2.26. The lowest BCUT2D eigenvalue weighted by molar-refractivity contribution is -0.190. The van der Waals surface area contributed by atoms with Crippen LogP contribution in [0.2, 0.25) is 0 Å². The second-order valence-corrected chi connectivity index (χ2v) is 6.10. The molecule has 0 heterocycles. The average Bonchev–Trinajstić information content (AvgIpc) is 2.74. The van der Waals surface area contributed by atoms with Gasteiger partial charge >= 0.3 is 35.8 Å². The Morgan fingerprint density at radius 2 is 1.27 bits per heavy atom. The van der Waals surface area contributed by atoms with Crippen molar-refractivity contribution < 1.29 is 57.2 Å². The fourth-order valence-electron chi connectivity index (χ4n) is 2.16. The maximum atomic E-state index is 12.1. The third-order valence-electron chi connectivity index (χ3n) is 4.15. The number of rotatable bonds is 11. The summed E-state index contributed by atoms with van der Waals surface area (Å²) >= 11 is 0. The van der Waals surface area contributed by atoms with Gasteiger partial charge in [-0.15, -0.1) is 0 Å². The van der Waals surface area contributed by atoms with Crippen LogP contribution < -0.4 is 0 Å². The topological polar surface area (TPSA) is 158 Å². The predicted molar refractivity (Wildman–Crippen MR) is 95.5 cm³/mol. The molecule has 12 nitrogen and oxygen atoms in total. The molecule has 0 fully saturated rings. The fourth-order valence-corrected chi connectivity index (χ4v) is 2.16. The summed E-state index contributed by atoms with van der Waals surface area (Å²) in [6.45, 7) is 2.47. The van der Waals surface area contributed by atoms with E-state index >= 15 is 0 Å². The van der Waals surface area contributed by atoms with E-state index in [1.54, 1.807) is 0 Å². The van der Waals surface area contributed by atoms with Crippen LogP contribution in [-0.4, -0.2) is 76.0 Å². The van der Waals surface area contributed by atoms with Crippen LogP contribution in [-0.2, 0) is 57.2 Å². The lowest BCUT2D eigenvalue weighted by Crippen LogP contribution is -2.50. The standard InChI is InChI=1S/C18H26O12/c1-10(15(22)26-4)18(2,17(24)28-6)30-13(20)8-7-12(19)29-11(16(23)27-5)9-14(21)25-3/h10-11H,7-9H2,1-6H3. The minimum Gasteiger partial charge on any atom is -0.469 e. The van der Waals surface area contributed by atoms with Crippen molar-refractivity contribution in [1.82, 2.24) is 0 Å². The molecule has 0 amide bonds. The first kappa shape index (κ1) is 26.8. The van der Waals surface area contributed by atoms with E-state index in [2.05, 4.69) is 18.9 Å². The Hall–Kier alpha value is -3.18. The predicted octanol–water partition coefficient (Wildman–Crippen LogP) is -0.301. The Morgan fingerprint density at radius 1 is 0.733 bits per heavy atom. The van der Waals surface area contributed by atoms with Gasteiger partial charge in [-0.2, -0.15) is 0 Å². The molecule has 3 unspecified atom stereocenters. The molecule has 0 rings (SSSR count). The van der Waals surface area contributed by atoms with Crippen molar-refractivity contribution in [2.75, 3.05) is 28.4 Å². The SMILES string of the molecule is COC(=O)CC(OC(=O)CCC(=O)OC(C)(C(=O)OC)C(C)C(=O)OC)C(=O)OC. The zero-order valence-electron chi connectivity index (χ0n) is 17.7. The van der Waals surface area contributed by atoms with Crippen LogP contribution in [0.15, 0.2) is 0 Å². The number of esters is 6. The lowest BCUT2D eigenvalue weighted by Gasteiger charge is -2.30. The first-order valence-electron chi connectivity index (χ1n) is 8.68. The fraction of sp³-hybridized carbons (Fsp3) is 0.667. The van der Waals surface area contributed by atoms with Gasteiger partial charge in [-0.05, 0) is 13.8 Å². The van der Waals surface area contributed by atoms with Gasteiger partial charge in [0.1, 0.15) is 5.92 Å². The van der Waals surface area contributed by atoms with Gasteiger partial charge in [0.05, 0.1) is 47.7 Å². The van der Waals surface area contributed by atoms with Crippen molar-refractivity contribution in [3.63, 3.8) is 0 Å². The van der Waals surface area contributed by atoms with Crippen molar-refractivity contribution in [3.05, 3.63) is 0 Å². The zero-order chi connectivity index (χ0) is 23.5. The number of ether oxygens (including phenoxy) is 6. The molecule has 0 aliphatic heterocycles. The summed E-state index contributed by atoms with van der Waals surface area (Å²) in [7, 11) is 4.26. The molecule has 3 atom stereocenters. The van der Waals surface area contributed by atoms with E-state index in [0.29, 0.717) is 0 Å². The van der Waals surface area contributed by atoms with Crippen LogP contribution in [0.5, 0.6) is 0 Å². The number of hydrogen-bond acceptors (Lipinski definition) is 12. The van der Waals surface area contributed by atoms with Crippen LogP contribution >= 0.6 is 0 Å². The summed E-state index contributed by atoms with van der Waals surface area (Å²) in [5, 5.41) is 0. The Kier molecular flexibility index (Phi) is 11.1. The van der Waals surface area contributed by atoms with Gasteiger partial charge in [-0.1, -0.05) is 0 Å². The molecule has 0 saturated heterocycles. The van der Waals surface area contributed by atoms with Gasteiger partial charge in [0, 0.05) is 0 Å². The van der Waals surface area contributed by atoms with Crippen LogP contribution in [0, 0.1) is 5.92 Å². The molecule has 30 heavy (non-hydrogen) atoms. The average molecular weight is 434 g/mol. The molecule has 12 heteroatoms. The molecule has 0 saturated carbocycles. The van der Waals surface area contributed by atoms with E-state index in [0.717, 1.165) is 28.4 Å². The van der Waals surface area contributed by atoms with Gasteiger partial charge in [0.25, 0.3) is 0 Å². The zero-order valence-corrected chi connectivity index (χ0v) is 17.7. The maximum absolute atomic E-state index is 12.1. The third kappa shape index (κ3) is 7.68. The van der Waals surface area contributed by atoms with Crippen LogP contribution in [0.1, 0.15) is 33.1 Å². The highest BCUT2D eigenvalue weighted by atomic mass is 16.6. The van der Waals surface area contributed by atoms with Crippen LogP contribution in [0.25, 0.3) is 0 Å². The molecule has 170 valence electrons. The molecule has 0 bridgehead atoms. The summed E-state index contributed by atoms with van der Waals surface area (Å²) in [4.78, 5) is 70.8. The van der Waals surface area contributed by atoms with Crippen molar-refractivity contribution >= 4 is 35.8 Å². The molecule has 0 aliphatic carbocycles. The molecule has 0 aromatic heterocycles. The third-order valence-corrected chi connectivity index (χ3v) is 4.15. The van der Waals surface area contributed by atoms with E-state index in [9.17, 15) is 28.8 Å². The highest BCUT2D eigenvalue weighted by Gasteiger charge is 2.48. The van der Waals surface area contributed by atoms with Gasteiger partial charge in [-0.3, -0.25) is 19.2 Å². The lowest BCUT2D eigenvalue weighted by atomic mass is 9.90. The summed E-state index contributed by atoms with van der Waals surface area (Å²) in [5.74, 6) is -6.84. The van der Waals surface area contributed by atoms with Crippen molar-refractivity contribution in [1.29, 1.82) is 0 Å². The minimum atomic E-state index is -2.00. The van der Waals surface area contributed by atoms with E-state index in [1.165, 1.54) is 13.8 Å². The molecule has 0 spiro atoms. The minimum absolute atomic E-state index is 0.544. The summed E-state index contributed by atoms with van der Waals surface area (Å²) in [5.41, 5.74) is -2.00. The van der Waals surface area contributed by atoms with E-state index in [4.69, 9.17) is 9.47 Å². The Morgan fingerprint density at radius 3 is 1.73 bits per heavy atom. The molecule has 0 aromatic rings. The quantitative estimate of drug-likeness (QED) is 0.309. The summed E-state index contributed by atoms with van der Waals surface area (Å²) in [6.07, 6.45) is -3.22. The largest absolute Gasteiger partial charge is 0.469 e. The van der Waals surface area contributed by atoms with E-state index in [1.807, 2.05) is 0 Å². The number of carbonyl (C=O) groups is 6. The molecule has 0 aromatic carbocycles. The maximum Gasteiger partial charge on any atom is 0.350 e. The summed E-state index contributed by atoms with van der Waals surface area (Å²) in [6, 6.07) is 0. The van der Waals surface area contributed by atoms with Crippen LogP contribution in [0.3, 0.4) is 0 Å². The van der Waals surface area contributed by atoms with Crippen molar-refractivity contribution in [2.24, 2.45) is 5.92 Å². The number of methoxy groups -OCH3 is 4. The first-order valence-corrected chi connectivity index (χ1v) is 8.68. The first-order chi connectivity index (χ1) is 14.0. The van der Waals surface area contributed by atoms with Crippen molar-refractivity contribution in [2.45, 2.75) is 44.8 Å². The van der Waals surface area contributed by atoms with Crippen molar-refractivity contribution in [3.8, 4) is 0 Å². The van der Waals surface area contributed by atoms with Gasteiger partial charge in [-0.25, -0.2) is 9.59 Å². The monoisotopic (exact) mass is 434 g/mol. The molecule has 0 aliphatic rings. The number of carbonyl (C=O) groups excluding carboxylic acids is 6. The smallest absolute Gasteiger partial charge is 0.350 e. The second kappa shape index (κ2) is 12.4. The Labute approximate surface area is 173 Å².